The van der Waals surface area contributed by atoms with Crippen LogP contribution in [0.25, 0.3) is 0 Å². The number of hydrogen-bond acceptors (Lipinski definition) is 5. The van der Waals surface area contributed by atoms with Gasteiger partial charge in [0.1, 0.15) is 0 Å². The van der Waals surface area contributed by atoms with E-state index >= 15 is 0 Å². The number of carbonyl (C=O) groups excluding carboxylic acids is 2. The third kappa shape index (κ3) is 1.96. The van der Waals surface area contributed by atoms with Crippen molar-refractivity contribution in [3.05, 3.63) is 30.3 Å². The summed E-state index contributed by atoms with van der Waals surface area (Å²) in [5.41, 5.74) is 0.371. The summed E-state index contributed by atoms with van der Waals surface area (Å²) in [6, 6.07) is 8.24. The summed E-state index contributed by atoms with van der Waals surface area (Å²) in [7, 11) is 0. The van der Waals surface area contributed by atoms with Crippen LogP contribution in [-0.4, -0.2) is 33.7 Å². The van der Waals surface area contributed by atoms with Gasteiger partial charge in [-0.2, -0.15) is 5.01 Å². The fourth-order valence-corrected chi connectivity index (χ4v) is 1.49. The number of aliphatic hydroxyl groups is 2. The Morgan fingerprint density at radius 1 is 1.33 bits per heavy atom. The van der Waals surface area contributed by atoms with Crippen molar-refractivity contribution < 1.29 is 19.8 Å². The average Bonchev–Trinajstić information content (AvgIpc) is 2.54. The van der Waals surface area contributed by atoms with Gasteiger partial charge in [-0.15, -0.1) is 5.10 Å². The van der Waals surface area contributed by atoms with Gasteiger partial charge >= 0.3 is 11.7 Å². The van der Waals surface area contributed by atoms with Crippen LogP contribution in [0.4, 0.5) is 5.69 Å². The van der Waals surface area contributed by atoms with Gasteiger partial charge < -0.3 is 15.5 Å². The Balaban J connectivity index is 2.37. The number of carbonyl (C=O) groups is 2. The van der Waals surface area contributed by atoms with E-state index in [0.29, 0.717) is 5.69 Å². The first-order valence-corrected chi connectivity index (χ1v) is 5.14. The monoisotopic (exact) mass is 249 g/mol. The minimum atomic E-state index is -2.82. The van der Waals surface area contributed by atoms with Crippen molar-refractivity contribution in [1.29, 1.82) is 0 Å². The highest BCUT2D eigenvalue weighted by Gasteiger charge is 2.50. The first kappa shape index (κ1) is 12.2. The summed E-state index contributed by atoms with van der Waals surface area (Å²) >= 11 is 0. The molecule has 2 rings (SSSR count). The van der Waals surface area contributed by atoms with Crippen LogP contribution >= 0.6 is 0 Å². The van der Waals surface area contributed by atoms with Gasteiger partial charge in [-0.3, -0.25) is 9.59 Å². The van der Waals surface area contributed by atoms with E-state index in [-0.39, 0.29) is 0 Å². The maximum atomic E-state index is 11.8. The number of hydrazone groups is 1. The number of amides is 2. The summed E-state index contributed by atoms with van der Waals surface area (Å²) in [6.07, 6.45) is 0. The molecule has 1 aromatic carbocycles. The Labute approximate surface area is 102 Å². The van der Waals surface area contributed by atoms with Crippen LogP contribution in [0.3, 0.4) is 0 Å². The van der Waals surface area contributed by atoms with Crippen molar-refractivity contribution >= 4 is 23.3 Å². The molecule has 94 valence electrons. The van der Waals surface area contributed by atoms with Crippen molar-refractivity contribution in [2.45, 2.75) is 12.7 Å². The predicted octanol–water partition coefficient (Wildman–Crippen LogP) is -0.836. The second-order valence-corrected chi connectivity index (χ2v) is 3.75. The lowest BCUT2D eigenvalue weighted by molar-refractivity contribution is -0.156. The Hall–Kier alpha value is -2.25. The molecule has 18 heavy (non-hydrogen) atoms. The molecule has 0 saturated heterocycles. The summed E-state index contributed by atoms with van der Waals surface area (Å²) < 4.78 is 0. The lowest BCUT2D eigenvalue weighted by Crippen LogP contribution is -2.52. The molecule has 0 saturated carbocycles. The molecule has 0 bridgehead atoms. The SMILES string of the molecule is CC(=O)NC1=NN(c2ccccc2)C(=O)C1(O)O. The Morgan fingerprint density at radius 2 is 1.94 bits per heavy atom. The molecule has 0 aliphatic carbocycles. The highest BCUT2D eigenvalue weighted by Crippen LogP contribution is 2.23. The lowest BCUT2D eigenvalue weighted by atomic mass is 10.2. The summed E-state index contributed by atoms with van der Waals surface area (Å²) in [5.74, 6) is -4.92. The van der Waals surface area contributed by atoms with Gasteiger partial charge in [0.25, 0.3) is 0 Å². The molecule has 0 aromatic heterocycles. The number of nitrogens with zero attached hydrogens (tertiary/aromatic N) is 2. The molecule has 3 N–H and O–H groups in total. The van der Waals surface area contributed by atoms with Gasteiger partial charge in [-0.05, 0) is 12.1 Å². The van der Waals surface area contributed by atoms with E-state index < -0.39 is 23.4 Å². The highest BCUT2D eigenvalue weighted by atomic mass is 16.5. The summed E-state index contributed by atoms with van der Waals surface area (Å²) in [6.45, 7) is 1.17. The first-order valence-electron chi connectivity index (χ1n) is 5.14. The Kier molecular flexibility index (Phi) is 2.85. The fourth-order valence-electron chi connectivity index (χ4n) is 1.49. The molecule has 2 amide bonds. The number of amidine groups is 1. The van der Waals surface area contributed by atoms with Gasteiger partial charge in [0.2, 0.25) is 5.91 Å². The van der Waals surface area contributed by atoms with Gasteiger partial charge in [0.05, 0.1) is 5.69 Å². The van der Waals surface area contributed by atoms with Crippen LogP contribution in [0, 0.1) is 0 Å². The molecule has 0 spiro atoms. The van der Waals surface area contributed by atoms with Crippen LogP contribution in [-0.2, 0) is 9.59 Å². The molecule has 7 heteroatoms. The highest BCUT2D eigenvalue weighted by molar-refractivity contribution is 6.22. The number of hydrogen-bond donors (Lipinski definition) is 3. The molecule has 1 heterocycles. The van der Waals surface area contributed by atoms with E-state index in [1.807, 2.05) is 0 Å². The van der Waals surface area contributed by atoms with Crippen LogP contribution < -0.4 is 10.3 Å². The molecular formula is C11H11N3O4. The lowest BCUT2D eigenvalue weighted by Gasteiger charge is -2.16. The van der Waals surface area contributed by atoms with Crippen molar-refractivity contribution in [3.63, 3.8) is 0 Å². The molecular weight excluding hydrogens is 238 g/mol. The van der Waals surface area contributed by atoms with Crippen LogP contribution in [0.5, 0.6) is 0 Å². The van der Waals surface area contributed by atoms with Crippen LogP contribution in [0.1, 0.15) is 6.92 Å². The minimum absolute atomic E-state index is 0.371. The second-order valence-electron chi connectivity index (χ2n) is 3.75. The first-order chi connectivity index (χ1) is 8.43. The third-order valence-electron chi connectivity index (χ3n) is 2.32. The molecule has 1 aliphatic heterocycles. The van der Waals surface area contributed by atoms with E-state index in [1.54, 1.807) is 30.3 Å². The fraction of sp³-hybridized carbons (Fsp3) is 0.182. The zero-order valence-electron chi connectivity index (χ0n) is 9.49. The number of para-hydroxylation sites is 1. The molecule has 0 unspecified atom stereocenters. The quantitative estimate of drug-likeness (QED) is 0.565. The van der Waals surface area contributed by atoms with Crippen LogP contribution in [0.15, 0.2) is 35.4 Å². The van der Waals surface area contributed by atoms with E-state index in [2.05, 4.69) is 10.4 Å². The maximum absolute atomic E-state index is 11.8. The number of rotatable bonds is 1. The number of anilines is 1. The summed E-state index contributed by atoms with van der Waals surface area (Å²) in [4.78, 5) is 22.7. The van der Waals surface area contributed by atoms with E-state index in [0.717, 1.165) is 5.01 Å². The zero-order chi connectivity index (χ0) is 13.3. The van der Waals surface area contributed by atoms with Gasteiger partial charge in [-0.25, -0.2) is 0 Å². The molecule has 0 atom stereocenters. The Bertz CT molecular complexity index is 524. The van der Waals surface area contributed by atoms with Crippen molar-refractivity contribution in [2.75, 3.05) is 5.01 Å². The molecule has 1 aliphatic rings. The van der Waals surface area contributed by atoms with E-state index in [4.69, 9.17) is 0 Å². The molecule has 1 aromatic rings. The van der Waals surface area contributed by atoms with Crippen molar-refractivity contribution in [3.8, 4) is 0 Å². The second kappa shape index (κ2) is 4.21. The Morgan fingerprint density at radius 3 is 2.50 bits per heavy atom. The number of nitrogens with one attached hydrogen (secondary N) is 1. The van der Waals surface area contributed by atoms with Crippen molar-refractivity contribution in [1.82, 2.24) is 5.32 Å². The zero-order valence-corrected chi connectivity index (χ0v) is 9.49. The molecule has 0 fully saturated rings. The van der Waals surface area contributed by atoms with Gasteiger partial charge in [0, 0.05) is 6.92 Å². The smallest absolute Gasteiger partial charge is 0.315 e. The van der Waals surface area contributed by atoms with E-state index in [9.17, 15) is 19.8 Å². The van der Waals surface area contributed by atoms with Crippen molar-refractivity contribution in [2.24, 2.45) is 5.10 Å². The number of benzene rings is 1. The normalized spacial score (nSPS) is 17.6. The third-order valence-corrected chi connectivity index (χ3v) is 2.32. The molecule has 0 radical (unpaired) electrons. The van der Waals surface area contributed by atoms with Gasteiger partial charge in [0.15, 0.2) is 5.84 Å². The topological polar surface area (TPSA) is 102 Å². The van der Waals surface area contributed by atoms with Crippen LogP contribution in [0.2, 0.25) is 0 Å². The molecule has 7 nitrogen and oxygen atoms in total. The maximum Gasteiger partial charge on any atom is 0.315 e. The predicted molar refractivity (Wildman–Crippen MR) is 62.3 cm³/mol. The largest absolute Gasteiger partial charge is 0.352 e. The van der Waals surface area contributed by atoms with E-state index in [1.165, 1.54) is 6.92 Å². The summed E-state index contributed by atoms with van der Waals surface area (Å²) in [5, 5.41) is 25.9. The van der Waals surface area contributed by atoms with Gasteiger partial charge in [-0.1, -0.05) is 18.2 Å². The average molecular weight is 249 g/mol. The minimum Gasteiger partial charge on any atom is -0.352 e. The standard InChI is InChI=1S/C11H11N3O4/c1-7(15)12-9-11(17,18)10(16)14(13-9)8-5-3-2-4-6-8/h2-6,17-18H,1H3,(H,12,13,15).